The quantitative estimate of drug-likeness (QED) is 0.717. The number of hydrogen-bond donors (Lipinski definition) is 1. The molecular weight excluding hydrogens is 368 g/mol. The second-order valence-electron chi connectivity index (χ2n) is 7.83. The standard InChI is InChI=1S/C21H24N6O2/c1-25-19-17(12-24-25)20(23-13-22-19)26-6-8-27(9-7-26)21(29)16-10-14-4-2-3-5-15(14)11-18(16)28/h10-13,28H,2-9H2,1H3. The van der Waals surface area contributed by atoms with Crippen LogP contribution in [-0.4, -0.2) is 61.8 Å². The molecule has 5 rings (SSSR count). The highest BCUT2D eigenvalue weighted by atomic mass is 16.3. The third kappa shape index (κ3) is 3.08. The van der Waals surface area contributed by atoms with Gasteiger partial charge in [0.15, 0.2) is 5.65 Å². The summed E-state index contributed by atoms with van der Waals surface area (Å²) in [4.78, 5) is 25.8. The summed E-state index contributed by atoms with van der Waals surface area (Å²) in [6.45, 7) is 2.53. The number of fused-ring (bicyclic) bond motifs is 2. The van der Waals surface area contributed by atoms with Crippen LogP contribution in [0.15, 0.2) is 24.7 Å². The first-order chi connectivity index (χ1) is 14.1. The van der Waals surface area contributed by atoms with Gasteiger partial charge < -0.3 is 14.9 Å². The van der Waals surface area contributed by atoms with Gasteiger partial charge in [-0.05, 0) is 48.9 Å². The van der Waals surface area contributed by atoms with E-state index in [0.29, 0.717) is 31.7 Å². The Morgan fingerprint density at radius 2 is 1.76 bits per heavy atom. The maximum absolute atomic E-state index is 13.1. The number of piperazine rings is 1. The van der Waals surface area contributed by atoms with Crippen LogP contribution < -0.4 is 4.90 Å². The van der Waals surface area contributed by atoms with Crippen molar-refractivity contribution >= 4 is 22.8 Å². The molecule has 29 heavy (non-hydrogen) atoms. The summed E-state index contributed by atoms with van der Waals surface area (Å²) in [5.41, 5.74) is 3.61. The lowest BCUT2D eigenvalue weighted by Gasteiger charge is -2.35. The van der Waals surface area contributed by atoms with E-state index in [-0.39, 0.29) is 11.7 Å². The third-order valence-corrected chi connectivity index (χ3v) is 6.07. The van der Waals surface area contributed by atoms with E-state index >= 15 is 0 Å². The number of anilines is 1. The molecule has 8 nitrogen and oxygen atoms in total. The minimum absolute atomic E-state index is 0.0928. The van der Waals surface area contributed by atoms with E-state index in [0.717, 1.165) is 42.5 Å². The van der Waals surface area contributed by atoms with E-state index in [9.17, 15) is 9.90 Å². The van der Waals surface area contributed by atoms with Gasteiger partial charge in [-0.3, -0.25) is 9.48 Å². The monoisotopic (exact) mass is 392 g/mol. The van der Waals surface area contributed by atoms with Gasteiger partial charge in [-0.25, -0.2) is 9.97 Å². The molecule has 1 aliphatic carbocycles. The van der Waals surface area contributed by atoms with Crippen molar-refractivity contribution in [2.24, 2.45) is 7.05 Å². The fourth-order valence-corrected chi connectivity index (χ4v) is 4.44. The van der Waals surface area contributed by atoms with Crippen molar-refractivity contribution in [2.45, 2.75) is 25.7 Å². The number of amides is 1. The fourth-order valence-electron chi connectivity index (χ4n) is 4.44. The van der Waals surface area contributed by atoms with Crippen molar-refractivity contribution < 1.29 is 9.90 Å². The van der Waals surface area contributed by atoms with Crippen LogP contribution in [0.3, 0.4) is 0 Å². The molecule has 0 radical (unpaired) electrons. The van der Waals surface area contributed by atoms with E-state index in [1.165, 1.54) is 11.1 Å². The lowest BCUT2D eigenvalue weighted by atomic mass is 9.89. The number of aromatic nitrogens is 4. The number of carbonyl (C=O) groups excluding carboxylic acids is 1. The van der Waals surface area contributed by atoms with E-state index in [1.54, 1.807) is 23.3 Å². The Morgan fingerprint density at radius 1 is 1.03 bits per heavy atom. The van der Waals surface area contributed by atoms with E-state index in [2.05, 4.69) is 20.0 Å². The smallest absolute Gasteiger partial charge is 0.257 e. The first-order valence-electron chi connectivity index (χ1n) is 10.1. The molecule has 1 aromatic carbocycles. The van der Waals surface area contributed by atoms with Crippen LogP contribution in [0.4, 0.5) is 5.82 Å². The van der Waals surface area contributed by atoms with Gasteiger partial charge in [0, 0.05) is 33.2 Å². The zero-order valence-corrected chi connectivity index (χ0v) is 16.5. The Hall–Kier alpha value is -3.16. The molecule has 3 aromatic rings. The van der Waals surface area contributed by atoms with Crippen molar-refractivity contribution in [3.8, 4) is 5.75 Å². The molecule has 1 aliphatic heterocycles. The van der Waals surface area contributed by atoms with Gasteiger partial charge in [0.2, 0.25) is 0 Å². The number of nitrogens with zero attached hydrogens (tertiary/aromatic N) is 6. The molecule has 8 heteroatoms. The minimum atomic E-state index is -0.0928. The summed E-state index contributed by atoms with van der Waals surface area (Å²) in [6, 6.07) is 3.69. The summed E-state index contributed by atoms with van der Waals surface area (Å²) in [5.74, 6) is 0.863. The van der Waals surface area contributed by atoms with Crippen molar-refractivity contribution in [2.75, 3.05) is 31.1 Å². The summed E-state index contributed by atoms with van der Waals surface area (Å²) in [7, 11) is 1.86. The number of hydrogen-bond acceptors (Lipinski definition) is 6. The third-order valence-electron chi connectivity index (χ3n) is 6.07. The molecule has 2 aromatic heterocycles. The van der Waals surface area contributed by atoms with Gasteiger partial charge in [0.25, 0.3) is 5.91 Å². The molecule has 1 fully saturated rings. The number of rotatable bonds is 2. The lowest BCUT2D eigenvalue weighted by molar-refractivity contribution is 0.0743. The zero-order valence-electron chi connectivity index (χ0n) is 16.5. The van der Waals surface area contributed by atoms with Crippen LogP contribution in [0.1, 0.15) is 34.3 Å². The number of carbonyl (C=O) groups is 1. The van der Waals surface area contributed by atoms with Gasteiger partial charge >= 0.3 is 0 Å². The van der Waals surface area contributed by atoms with Crippen LogP contribution in [0.5, 0.6) is 5.75 Å². The maximum Gasteiger partial charge on any atom is 0.257 e. The van der Waals surface area contributed by atoms with E-state index < -0.39 is 0 Å². The van der Waals surface area contributed by atoms with Crippen LogP contribution in [0, 0.1) is 0 Å². The van der Waals surface area contributed by atoms with Crippen LogP contribution in [0.2, 0.25) is 0 Å². The molecule has 2 aliphatic rings. The predicted molar refractivity (Wildman–Crippen MR) is 109 cm³/mol. The number of aromatic hydroxyl groups is 1. The molecule has 0 saturated carbocycles. The minimum Gasteiger partial charge on any atom is -0.507 e. The maximum atomic E-state index is 13.1. The molecule has 1 saturated heterocycles. The van der Waals surface area contributed by atoms with E-state index in [4.69, 9.17) is 0 Å². The van der Waals surface area contributed by atoms with Crippen LogP contribution >= 0.6 is 0 Å². The molecule has 0 unspecified atom stereocenters. The SMILES string of the molecule is Cn1ncc2c(N3CCN(C(=O)c4cc5c(cc4O)CCCC5)CC3)ncnc21. The van der Waals surface area contributed by atoms with Crippen molar-refractivity contribution in [3.05, 3.63) is 41.3 Å². The topological polar surface area (TPSA) is 87.4 Å². The van der Waals surface area contributed by atoms with Crippen molar-refractivity contribution in [1.82, 2.24) is 24.6 Å². The highest BCUT2D eigenvalue weighted by molar-refractivity contribution is 5.97. The second-order valence-corrected chi connectivity index (χ2v) is 7.83. The van der Waals surface area contributed by atoms with Gasteiger partial charge in [-0.15, -0.1) is 0 Å². The summed E-state index contributed by atoms with van der Waals surface area (Å²) in [6.07, 6.45) is 7.60. The second kappa shape index (κ2) is 7.02. The van der Waals surface area contributed by atoms with E-state index in [1.807, 2.05) is 18.0 Å². The molecule has 0 spiro atoms. The number of benzene rings is 1. The Balaban J connectivity index is 1.33. The Kier molecular flexibility index (Phi) is 4.34. The highest BCUT2D eigenvalue weighted by Gasteiger charge is 2.27. The average molecular weight is 392 g/mol. The Morgan fingerprint density at radius 3 is 2.52 bits per heavy atom. The molecule has 150 valence electrons. The van der Waals surface area contributed by atoms with Gasteiger partial charge in [-0.2, -0.15) is 5.10 Å². The first-order valence-corrected chi connectivity index (χ1v) is 10.1. The number of aryl methyl sites for hydroxylation is 3. The Bertz CT molecular complexity index is 1080. The van der Waals surface area contributed by atoms with Crippen LogP contribution in [-0.2, 0) is 19.9 Å². The summed E-state index contributed by atoms with van der Waals surface area (Å²) in [5, 5.41) is 15.6. The Labute approximate surface area is 168 Å². The molecule has 1 N–H and O–H groups in total. The highest BCUT2D eigenvalue weighted by Crippen LogP contribution is 2.30. The molecular formula is C21H24N6O2. The van der Waals surface area contributed by atoms with Gasteiger partial charge in [0.05, 0.1) is 17.1 Å². The number of phenols is 1. The first kappa shape index (κ1) is 17.9. The summed E-state index contributed by atoms with van der Waals surface area (Å²) >= 11 is 0. The molecule has 0 bridgehead atoms. The predicted octanol–water partition coefficient (Wildman–Crippen LogP) is 1.91. The van der Waals surface area contributed by atoms with Gasteiger partial charge in [0.1, 0.15) is 17.9 Å². The van der Waals surface area contributed by atoms with Crippen molar-refractivity contribution in [3.63, 3.8) is 0 Å². The molecule has 0 atom stereocenters. The zero-order chi connectivity index (χ0) is 20.0. The fraction of sp³-hybridized carbons (Fsp3) is 0.429. The normalized spacial score (nSPS) is 16.9. The summed E-state index contributed by atoms with van der Waals surface area (Å²) < 4.78 is 1.74. The number of phenolic OH excluding ortho intramolecular Hbond substituents is 1. The van der Waals surface area contributed by atoms with Crippen molar-refractivity contribution in [1.29, 1.82) is 0 Å². The van der Waals surface area contributed by atoms with Crippen LogP contribution in [0.25, 0.3) is 11.0 Å². The average Bonchev–Trinajstić information content (AvgIpc) is 3.14. The van der Waals surface area contributed by atoms with Gasteiger partial charge in [-0.1, -0.05) is 0 Å². The molecule has 1 amide bonds. The lowest BCUT2D eigenvalue weighted by Crippen LogP contribution is -2.49. The molecule has 3 heterocycles. The largest absolute Gasteiger partial charge is 0.507 e.